The van der Waals surface area contributed by atoms with Crippen LogP contribution in [0.3, 0.4) is 0 Å². The highest BCUT2D eigenvalue weighted by Crippen LogP contribution is 2.32. The largest absolute Gasteiger partial charge is 0.507 e. The summed E-state index contributed by atoms with van der Waals surface area (Å²) in [7, 11) is 0. The van der Waals surface area contributed by atoms with Gasteiger partial charge in [-0.05, 0) is 35.9 Å². The average molecular weight is 501 g/mol. The second-order valence-corrected chi connectivity index (χ2v) is 8.42. The van der Waals surface area contributed by atoms with E-state index in [9.17, 15) is 13.9 Å². The summed E-state index contributed by atoms with van der Waals surface area (Å²) < 4.78 is 39.3. The van der Waals surface area contributed by atoms with E-state index in [0.717, 1.165) is 5.69 Å². The van der Waals surface area contributed by atoms with E-state index in [-0.39, 0.29) is 19.0 Å². The summed E-state index contributed by atoms with van der Waals surface area (Å²) in [6.45, 7) is 3.98. The molecule has 36 heavy (non-hydrogen) atoms. The Kier molecular flexibility index (Phi) is 8.47. The maximum Gasteiger partial charge on any atom is 0.190 e. The molecule has 192 valence electrons. The number of aromatic hydroxyl groups is 1. The predicted molar refractivity (Wildman–Crippen MR) is 133 cm³/mol. The average Bonchev–Trinajstić information content (AvgIpc) is 2.87. The number of para-hydroxylation sites is 1. The molecule has 2 heterocycles. The van der Waals surface area contributed by atoms with Crippen molar-refractivity contribution in [3.8, 4) is 22.8 Å². The van der Waals surface area contributed by atoms with Crippen LogP contribution in [-0.4, -0.2) is 72.7 Å². The van der Waals surface area contributed by atoms with Gasteiger partial charge in [-0.3, -0.25) is 4.90 Å². The summed E-state index contributed by atoms with van der Waals surface area (Å²) in [5.41, 5.74) is 13.8. The molecule has 0 radical (unpaired) electrons. The molecule has 1 aliphatic heterocycles. The zero-order valence-electron chi connectivity index (χ0n) is 19.9. The Hall–Kier alpha value is -3.54. The number of nitrogen functional groups attached to an aromatic ring is 1. The van der Waals surface area contributed by atoms with Crippen LogP contribution < -0.4 is 21.1 Å². The Bertz CT molecular complexity index is 1150. The van der Waals surface area contributed by atoms with Gasteiger partial charge in [-0.15, -0.1) is 10.2 Å². The number of aromatic nitrogens is 2. The molecule has 9 nitrogen and oxygen atoms in total. The number of rotatable bonds is 10. The molecule has 0 bridgehead atoms. The Balaban J connectivity index is 1.36. The van der Waals surface area contributed by atoms with E-state index >= 15 is 0 Å². The number of nitrogens with zero attached hydrogens (tertiary/aromatic N) is 4. The van der Waals surface area contributed by atoms with Crippen molar-refractivity contribution >= 4 is 11.5 Å². The van der Waals surface area contributed by atoms with Crippen molar-refractivity contribution in [2.24, 2.45) is 5.73 Å². The fraction of sp³-hybridized carbons (Fsp3) is 0.360. The molecule has 0 amide bonds. The Morgan fingerprint density at radius 1 is 0.944 bits per heavy atom. The van der Waals surface area contributed by atoms with Crippen LogP contribution in [0.5, 0.6) is 11.5 Å². The molecule has 0 atom stereocenters. The van der Waals surface area contributed by atoms with E-state index in [1.165, 1.54) is 12.1 Å². The quantitative estimate of drug-likeness (QED) is 0.360. The van der Waals surface area contributed by atoms with Gasteiger partial charge in [0.05, 0.1) is 24.6 Å². The zero-order chi connectivity index (χ0) is 25.5. The van der Waals surface area contributed by atoms with Gasteiger partial charge in [-0.25, -0.2) is 8.78 Å². The van der Waals surface area contributed by atoms with E-state index in [4.69, 9.17) is 20.9 Å². The topological polar surface area (TPSA) is 123 Å². The molecule has 1 aromatic heterocycles. The molecule has 2 aromatic carbocycles. The fourth-order valence-electron chi connectivity index (χ4n) is 4.10. The minimum absolute atomic E-state index is 0.0355. The first-order valence-electron chi connectivity index (χ1n) is 11.7. The third-order valence-corrected chi connectivity index (χ3v) is 5.89. The second kappa shape index (κ2) is 11.9. The van der Waals surface area contributed by atoms with Crippen LogP contribution >= 0.6 is 0 Å². The third kappa shape index (κ3) is 6.17. The van der Waals surface area contributed by atoms with Gasteiger partial charge in [-0.1, -0.05) is 12.1 Å². The Morgan fingerprint density at radius 3 is 2.36 bits per heavy atom. The van der Waals surface area contributed by atoms with Crippen molar-refractivity contribution in [3.63, 3.8) is 0 Å². The number of benzene rings is 2. The van der Waals surface area contributed by atoms with E-state index in [1.54, 1.807) is 18.2 Å². The summed E-state index contributed by atoms with van der Waals surface area (Å²) >= 11 is 0. The number of hydrogen-bond donors (Lipinski definition) is 3. The highest BCUT2D eigenvalue weighted by molar-refractivity contribution is 5.74. The fourth-order valence-corrected chi connectivity index (χ4v) is 4.10. The first-order chi connectivity index (χ1) is 17.5. The van der Waals surface area contributed by atoms with Gasteiger partial charge in [0.1, 0.15) is 12.4 Å². The van der Waals surface area contributed by atoms with Crippen molar-refractivity contribution < 1.29 is 23.4 Å². The van der Waals surface area contributed by atoms with Gasteiger partial charge in [0.2, 0.25) is 0 Å². The highest BCUT2D eigenvalue weighted by Gasteiger charge is 2.22. The molecule has 0 spiro atoms. The normalized spacial score (nSPS) is 14.2. The summed E-state index contributed by atoms with van der Waals surface area (Å²) in [6.07, 6.45) is 0. The van der Waals surface area contributed by atoms with Crippen LogP contribution in [0.25, 0.3) is 11.3 Å². The molecule has 0 saturated carbocycles. The summed E-state index contributed by atoms with van der Waals surface area (Å²) in [5.74, 6) is -1.47. The molecule has 11 heteroatoms. The number of piperazine rings is 1. The van der Waals surface area contributed by atoms with E-state index in [1.807, 2.05) is 12.1 Å². The van der Waals surface area contributed by atoms with Crippen molar-refractivity contribution in [3.05, 3.63) is 59.7 Å². The third-order valence-electron chi connectivity index (χ3n) is 5.89. The van der Waals surface area contributed by atoms with Crippen molar-refractivity contribution in [1.29, 1.82) is 0 Å². The highest BCUT2D eigenvalue weighted by atomic mass is 19.1. The summed E-state index contributed by atoms with van der Waals surface area (Å²) in [6, 6.07) is 11.3. The number of phenols is 1. The van der Waals surface area contributed by atoms with Crippen molar-refractivity contribution in [2.75, 3.05) is 63.2 Å². The molecule has 5 N–H and O–H groups in total. The van der Waals surface area contributed by atoms with Crippen LogP contribution in [0.15, 0.2) is 42.5 Å². The standard InChI is InChI=1S/C25H30F2N6O3/c26-19-13-17(14-20(27)24(19)36-12-11-35-10-5-28)16-32-6-8-33(9-7-32)22-15-21(30-31-25(22)29)18-3-1-2-4-23(18)34/h1-4,13-15,34H,5-12,16,28H2,(H2,29,31). The lowest BCUT2D eigenvalue weighted by Crippen LogP contribution is -2.46. The SMILES string of the molecule is NCCOCCOc1c(F)cc(CN2CCN(c3cc(-c4ccccc4O)nnc3N)CC2)cc1F. The zero-order valence-corrected chi connectivity index (χ0v) is 19.9. The predicted octanol–water partition coefficient (Wildman–Crippen LogP) is 2.39. The summed E-state index contributed by atoms with van der Waals surface area (Å²) in [5, 5.41) is 18.3. The van der Waals surface area contributed by atoms with Gasteiger partial charge in [0, 0.05) is 44.8 Å². The van der Waals surface area contributed by atoms with Crippen LogP contribution in [0, 0.1) is 11.6 Å². The lowest BCUT2D eigenvalue weighted by atomic mass is 10.1. The first-order valence-corrected chi connectivity index (χ1v) is 11.7. The molecule has 0 aliphatic carbocycles. The molecule has 1 saturated heterocycles. The van der Waals surface area contributed by atoms with Crippen molar-refractivity contribution in [1.82, 2.24) is 15.1 Å². The van der Waals surface area contributed by atoms with Crippen molar-refractivity contribution in [2.45, 2.75) is 6.54 Å². The molecular formula is C25H30F2N6O3. The van der Waals surface area contributed by atoms with Crippen LogP contribution in [-0.2, 0) is 11.3 Å². The minimum atomic E-state index is -0.741. The van der Waals surface area contributed by atoms with E-state index in [2.05, 4.69) is 20.0 Å². The van der Waals surface area contributed by atoms with Gasteiger partial charge in [0.15, 0.2) is 23.2 Å². The smallest absolute Gasteiger partial charge is 0.190 e. The molecule has 0 unspecified atom stereocenters. The van der Waals surface area contributed by atoms with Crippen LogP contribution in [0.2, 0.25) is 0 Å². The lowest BCUT2D eigenvalue weighted by molar-refractivity contribution is 0.102. The second-order valence-electron chi connectivity index (χ2n) is 8.42. The molecule has 4 rings (SSSR count). The number of phenolic OH excluding ortho intramolecular Hbond substituents is 1. The molecule has 1 fully saturated rings. The lowest BCUT2D eigenvalue weighted by Gasteiger charge is -2.36. The molecule has 3 aromatic rings. The molecule has 1 aliphatic rings. The number of hydrogen-bond acceptors (Lipinski definition) is 9. The van der Waals surface area contributed by atoms with Gasteiger partial charge >= 0.3 is 0 Å². The Morgan fingerprint density at radius 2 is 1.67 bits per heavy atom. The van der Waals surface area contributed by atoms with Gasteiger partial charge in [-0.2, -0.15) is 0 Å². The van der Waals surface area contributed by atoms with E-state index in [0.29, 0.717) is 68.5 Å². The number of anilines is 2. The number of nitrogens with two attached hydrogens (primary N) is 2. The van der Waals surface area contributed by atoms with Gasteiger partial charge < -0.3 is 30.9 Å². The Labute approximate surface area is 208 Å². The maximum absolute atomic E-state index is 14.5. The maximum atomic E-state index is 14.5. The van der Waals surface area contributed by atoms with Crippen LogP contribution in [0.4, 0.5) is 20.3 Å². The number of ether oxygens (including phenoxy) is 2. The first kappa shape index (κ1) is 25.5. The van der Waals surface area contributed by atoms with Gasteiger partial charge in [0.25, 0.3) is 0 Å². The number of halogens is 2. The molecular weight excluding hydrogens is 470 g/mol. The van der Waals surface area contributed by atoms with E-state index < -0.39 is 17.4 Å². The monoisotopic (exact) mass is 500 g/mol. The minimum Gasteiger partial charge on any atom is -0.507 e. The summed E-state index contributed by atoms with van der Waals surface area (Å²) in [4.78, 5) is 4.20. The van der Waals surface area contributed by atoms with Crippen LogP contribution in [0.1, 0.15) is 5.56 Å².